The lowest BCUT2D eigenvalue weighted by molar-refractivity contribution is 0.0735. The summed E-state index contributed by atoms with van der Waals surface area (Å²) >= 11 is 2.25. The molecule has 1 unspecified atom stereocenters. The first kappa shape index (κ1) is 13.5. The van der Waals surface area contributed by atoms with Crippen molar-refractivity contribution in [2.24, 2.45) is 0 Å². The quantitative estimate of drug-likeness (QED) is 0.748. The van der Waals surface area contributed by atoms with Crippen LogP contribution in [0.5, 0.6) is 0 Å². The minimum Gasteiger partial charge on any atom is -0.332 e. The second-order valence-corrected chi connectivity index (χ2v) is 6.20. The van der Waals surface area contributed by atoms with Crippen LogP contribution in [0.15, 0.2) is 48.8 Å². The molecule has 3 rings (SSSR count). The highest BCUT2D eigenvalue weighted by Crippen LogP contribution is 2.32. The highest BCUT2D eigenvalue weighted by Gasteiger charge is 2.30. The highest BCUT2D eigenvalue weighted by molar-refractivity contribution is 14.1. The Balaban J connectivity index is 1.85. The molecule has 2 heterocycles. The Morgan fingerprint density at radius 2 is 2.05 bits per heavy atom. The predicted molar refractivity (Wildman–Crippen MR) is 86.4 cm³/mol. The molecule has 0 N–H and O–H groups in total. The molecule has 0 bridgehead atoms. The number of likely N-dealkylation sites (tertiary alicyclic amines) is 1. The van der Waals surface area contributed by atoms with Crippen LogP contribution in [0.25, 0.3) is 0 Å². The molecule has 1 atom stereocenters. The maximum atomic E-state index is 12.6. The molecule has 3 nitrogen and oxygen atoms in total. The first-order chi connectivity index (χ1) is 9.75. The lowest BCUT2D eigenvalue weighted by atomic mass is 10.1. The second kappa shape index (κ2) is 5.91. The van der Waals surface area contributed by atoms with Crippen molar-refractivity contribution in [1.82, 2.24) is 9.88 Å². The van der Waals surface area contributed by atoms with Gasteiger partial charge in [-0.2, -0.15) is 0 Å². The molecule has 1 aliphatic rings. The number of hydrogen-bond acceptors (Lipinski definition) is 2. The van der Waals surface area contributed by atoms with Gasteiger partial charge in [0.15, 0.2) is 0 Å². The molecule has 102 valence electrons. The Morgan fingerprint density at radius 3 is 2.75 bits per heavy atom. The maximum Gasteiger partial charge on any atom is 0.254 e. The van der Waals surface area contributed by atoms with Crippen molar-refractivity contribution in [3.8, 4) is 0 Å². The fourth-order valence-electron chi connectivity index (χ4n) is 2.69. The molecule has 1 fully saturated rings. The molecule has 1 saturated heterocycles. The van der Waals surface area contributed by atoms with Crippen LogP contribution in [0.1, 0.15) is 34.8 Å². The summed E-state index contributed by atoms with van der Waals surface area (Å²) in [6.07, 6.45) is 5.70. The van der Waals surface area contributed by atoms with Gasteiger partial charge in [-0.25, -0.2) is 0 Å². The number of rotatable bonds is 2. The Kier molecular flexibility index (Phi) is 4.00. The van der Waals surface area contributed by atoms with Crippen LogP contribution in [0.4, 0.5) is 0 Å². The number of pyridine rings is 1. The van der Waals surface area contributed by atoms with Crippen LogP contribution in [0.3, 0.4) is 0 Å². The molecule has 1 aromatic heterocycles. The van der Waals surface area contributed by atoms with E-state index in [1.807, 2.05) is 41.4 Å². The number of nitrogens with zero attached hydrogens (tertiary/aromatic N) is 2. The van der Waals surface area contributed by atoms with Gasteiger partial charge in [-0.1, -0.05) is 6.07 Å². The van der Waals surface area contributed by atoms with E-state index in [2.05, 4.69) is 33.6 Å². The number of carbonyl (C=O) groups excluding carboxylic acids is 1. The van der Waals surface area contributed by atoms with Crippen LogP contribution in [-0.2, 0) is 0 Å². The minimum atomic E-state index is 0.118. The number of amides is 1. The minimum absolute atomic E-state index is 0.118. The first-order valence-corrected chi connectivity index (χ1v) is 7.80. The van der Waals surface area contributed by atoms with Gasteiger partial charge in [0.05, 0.1) is 6.04 Å². The molecule has 0 aliphatic carbocycles. The van der Waals surface area contributed by atoms with Gasteiger partial charge >= 0.3 is 0 Å². The third-order valence-electron chi connectivity index (χ3n) is 3.67. The summed E-state index contributed by atoms with van der Waals surface area (Å²) in [5.74, 6) is 0.118. The topological polar surface area (TPSA) is 33.2 Å². The fraction of sp³-hybridized carbons (Fsp3) is 0.250. The van der Waals surface area contributed by atoms with E-state index < -0.39 is 0 Å². The van der Waals surface area contributed by atoms with Crippen LogP contribution < -0.4 is 0 Å². The van der Waals surface area contributed by atoms with Gasteiger partial charge in [0.1, 0.15) is 0 Å². The Hall–Kier alpha value is -1.43. The van der Waals surface area contributed by atoms with Crippen molar-refractivity contribution < 1.29 is 4.79 Å². The highest BCUT2D eigenvalue weighted by atomic mass is 127. The molecular formula is C16H15IN2O. The molecule has 1 aliphatic heterocycles. The molecule has 1 aromatic carbocycles. The van der Waals surface area contributed by atoms with E-state index in [0.29, 0.717) is 0 Å². The standard InChI is InChI=1S/C16H15IN2O/c17-14-7-5-12(6-8-14)16(20)19-10-2-4-15(19)13-3-1-9-18-11-13/h1,3,5-9,11,15H,2,4,10H2. The average molecular weight is 378 g/mol. The number of aromatic nitrogens is 1. The van der Waals surface area contributed by atoms with E-state index in [1.54, 1.807) is 6.20 Å². The number of hydrogen-bond donors (Lipinski definition) is 0. The van der Waals surface area contributed by atoms with Crippen molar-refractivity contribution >= 4 is 28.5 Å². The Morgan fingerprint density at radius 1 is 1.25 bits per heavy atom. The van der Waals surface area contributed by atoms with E-state index in [9.17, 15) is 4.79 Å². The Labute approximate surface area is 132 Å². The van der Waals surface area contributed by atoms with Crippen molar-refractivity contribution in [3.63, 3.8) is 0 Å². The van der Waals surface area contributed by atoms with Crippen LogP contribution in [-0.4, -0.2) is 22.3 Å². The lowest BCUT2D eigenvalue weighted by Crippen LogP contribution is -2.30. The van der Waals surface area contributed by atoms with Crippen LogP contribution >= 0.6 is 22.6 Å². The molecule has 20 heavy (non-hydrogen) atoms. The fourth-order valence-corrected chi connectivity index (χ4v) is 3.05. The number of halogens is 1. The van der Waals surface area contributed by atoms with Gasteiger partial charge in [-0.3, -0.25) is 9.78 Å². The summed E-state index contributed by atoms with van der Waals surface area (Å²) < 4.78 is 1.14. The van der Waals surface area contributed by atoms with Gasteiger partial charge in [0.25, 0.3) is 5.91 Å². The Bertz CT molecular complexity index is 598. The van der Waals surface area contributed by atoms with Gasteiger partial charge in [-0.05, 0) is 71.3 Å². The van der Waals surface area contributed by atoms with Crippen LogP contribution in [0, 0.1) is 3.57 Å². The maximum absolute atomic E-state index is 12.6. The van der Waals surface area contributed by atoms with E-state index in [-0.39, 0.29) is 11.9 Å². The largest absolute Gasteiger partial charge is 0.332 e. The number of carbonyl (C=O) groups is 1. The lowest BCUT2D eigenvalue weighted by Gasteiger charge is -2.25. The van der Waals surface area contributed by atoms with Crippen molar-refractivity contribution in [2.75, 3.05) is 6.54 Å². The molecule has 0 saturated carbocycles. The predicted octanol–water partition coefficient (Wildman–Crippen LogP) is 3.66. The average Bonchev–Trinajstić information content (AvgIpc) is 2.97. The molecule has 0 radical (unpaired) electrons. The van der Waals surface area contributed by atoms with E-state index in [0.717, 1.165) is 34.1 Å². The zero-order valence-electron chi connectivity index (χ0n) is 11.0. The summed E-state index contributed by atoms with van der Waals surface area (Å²) in [4.78, 5) is 18.8. The first-order valence-electron chi connectivity index (χ1n) is 6.72. The second-order valence-electron chi connectivity index (χ2n) is 4.95. The third kappa shape index (κ3) is 2.70. The summed E-state index contributed by atoms with van der Waals surface area (Å²) in [7, 11) is 0. The number of benzene rings is 1. The molecule has 1 amide bonds. The monoisotopic (exact) mass is 378 g/mol. The smallest absolute Gasteiger partial charge is 0.254 e. The van der Waals surface area contributed by atoms with Crippen LogP contribution in [0.2, 0.25) is 0 Å². The van der Waals surface area contributed by atoms with Gasteiger partial charge in [0.2, 0.25) is 0 Å². The third-order valence-corrected chi connectivity index (χ3v) is 4.39. The zero-order chi connectivity index (χ0) is 13.9. The summed E-state index contributed by atoms with van der Waals surface area (Å²) in [6, 6.07) is 11.9. The van der Waals surface area contributed by atoms with Crippen molar-refractivity contribution in [2.45, 2.75) is 18.9 Å². The SMILES string of the molecule is O=C(c1ccc(I)cc1)N1CCCC1c1cccnc1. The molecule has 2 aromatic rings. The summed E-state index contributed by atoms with van der Waals surface area (Å²) in [6.45, 7) is 0.824. The molecule has 0 spiro atoms. The summed E-state index contributed by atoms with van der Waals surface area (Å²) in [5.41, 5.74) is 1.89. The van der Waals surface area contributed by atoms with E-state index >= 15 is 0 Å². The van der Waals surface area contributed by atoms with Gasteiger partial charge in [0, 0.05) is 28.1 Å². The molecule has 4 heteroatoms. The molecular weight excluding hydrogens is 363 g/mol. The van der Waals surface area contributed by atoms with Gasteiger partial charge in [-0.15, -0.1) is 0 Å². The van der Waals surface area contributed by atoms with E-state index in [1.165, 1.54) is 0 Å². The zero-order valence-corrected chi connectivity index (χ0v) is 13.2. The van der Waals surface area contributed by atoms with Crippen molar-refractivity contribution in [3.05, 3.63) is 63.5 Å². The normalized spacial score (nSPS) is 18.2. The van der Waals surface area contributed by atoms with Gasteiger partial charge < -0.3 is 4.90 Å². The summed E-state index contributed by atoms with van der Waals surface area (Å²) in [5, 5.41) is 0. The van der Waals surface area contributed by atoms with E-state index in [4.69, 9.17) is 0 Å². The van der Waals surface area contributed by atoms with Crippen molar-refractivity contribution in [1.29, 1.82) is 0 Å².